The predicted molar refractivity (Wildman–Crippen MR) is 90.4 cm³/mol. The molecule has 0 spiro atoms. The van der Waals surface area contributed by atoms with Crippen molar-refractivity contribution in [1.29, 1.82) is 0 Å². The van der Waals surface area contributed by atoms with Gasteiger partial charge in [-0.1, -0.05) is 0 Å². The van der Waals surface area contributed by atoms with E-state index in [1.807, 2.05) is 27.5 Å². The van der Waals surface area contributed by atoms with E-state index in [1.54, 1.807) is 12.5 Å². The van der Waals surface area contributed by atoms with Crippen LogP contribution in [0.1, 0.15) is 39.0 Å². The Labute approximate surface area is 143 Å². The number of rotatable bonds is 5. The third kappa shape index (κ3) is 4.07. The number of nitrogens with zero attached hydrogens (tertiary/aromatic N) is 4. The third-order valence-electron chi connectivity index (χ3n) is 4.90. The number of urea groups is 1. The summed E-state index contributed by atoms with van der Waals surface area (Å²) in [5.74, 6) is 0.231. The second-order valence-electron chi connectivity index (χ2n) is 6.90. The van der Waals surface area contributed by atoms with Gasteiger partial charge in [-0.3, -0.25) is 4.79 Å². The molecule has 0 aromatic carbocycles. The van der Waals surface area contributed by atoms with Gasteiger partial charge in [-0.15, -0.1) is 0 Å². The van der Waals surface area contributed by atoms with Gasteiger partial charge in [0.05, 0.1) is 12.4 Å². The minimum Gasteiger partial charge on any atom is -0.341 e. The highest BCUT2D eigenvalue weighted by atomic mass is 16.2. The van der Waals surface area contributed by atoms with E-state index in [-0.39, 0.29) is 24.0 Å². The van der Waals surface area contributed by atoms with E-state index >= 15 is 0 Å². The van der Waals surface area contributed by atoms with E-state index in [0.29, 0.717) is 19.5 Å². The van der Waals surface area contributed by atoms with E-state index in [0.717, 1.165) is 38.8 Å². The first-order valence-electron chi connectivity index (χ1n) is 8.94. The highest BCUT2D eigenvalue weighted by molar-refractivity contribution is 5.78. The van der Waals surface area contributed by atoms with Crippen LogP contribution in [0, 0.1) is 0 Å². The van der Waals surface area contributed by atoms with Gasteiger partial charge in [-0.2, -0.15) is 0 Å². The molecule has 1 aromatic heterocycles. The van der Waals surface area contributed by atoms with E-state index in [4.69, 9.17) is 0 Å². The van der Waals surface area contributed by atoms with Crippen LogP contribution in [-0.4, -0.2) is 63.0 Å². The van der Waals surface area contributed by atoms with Crippen molar-refractivity contribution < 1.29 is 9.59 Å². The Morgan fingerprint density at radius 3 is 2.96 bits per heavy atom. The van der Waals surface area contributed by atoms with Crippen LogP contribution < -0.4 is 5.32 Å². The van der Waals surface area contributed by atoms with Gasteiger partial charge in [0.1, 0.15) is 0 Å². The Morgan fingerprint density at radius 2 is 2.25 bits per heavy atom. The van der Waals surface area contributed by atoms with Crippen molar-refractivity contribution in [2.75, 3.05) is 19.6 Å². The molecule has 132 valence electrons. The van der Waals surface area contributed by atoms with E-state index in [1.165, 1.54) is 0 Å². The summed E-state index contributed by atoms with van der Waals surface area (Å²) in [5.41, 5.74) is 0. The molecule has 24 heavy (non-hydrogen) atoms. The Bertz CT molecular complexity index is 559. The van der Waals surface area contributed by atoms with Crippen molar-refractivity contribution in [1.82, 2.24) is 24.7 Å². The molecule has 2 saturated heterocycles. The minimum atomic E-state index is -0.0149. The summed E-state index contributed by atoms with van der Waals surface area (Å²) in [4.78, 5) is 32.4. The summed E-state index contributed by atoms with van der Waals surface area (Å²) in [6, 6.07) is 0.155. The number of imidazole rings is 1. The minimum absolute atomic E-state index is 0.0149. The van der Waals surface area contributed by atoms with Gasteiger partial charge in [-0.25, -0.2) is 9.78 Å². The molecule has 3 rings (SSSR count). The van der Waals surface area contributed by atoms with Crippen molar-refractivity contribution in [3.05, 3.63) is 18.7 Å². The number of carbonyl (C=O) groups excluding carboxylic acids is 2. The van der Waals surface area contributed by atoms with Crippen molar-refractivity contribution in [3.8, 4) is 0 Å². The molecule has 0 radical (unpaired) electrons. The molecule has 2 aliphatic heterocycles. The number of nitrogens with one attached hydrogen (secondary N) is 1. The fourth-order valence-corrected chi connectivity index (χ4v) is 3.66. The lowest BCUT2D eigenvalue weighted by molar-refractivity contribution is -0.128. The van der Waals surface area contributed by atoms with Gasteiger partial charge in [-0.05, 0) is 32.6 Å². The van der Waals surface area contributed by atoms with Gasteiger partial charge in [0.25, 0.3) is 0 Å². The number of hydrogen-bond donors (Lipinski definition) is 1. The number of likely N-dealkylation sites (tertiary alicyclic amines) is 2. The number of carbonyl (C=O) groups is 2. The summed E-state index contributed by atoms with van der Waals surface area (Å²) in [6.45, 7) is 5.00. The van der Waals surface area contributed by atoms with Crippen LogP contribution in [0.3, 0.4) is 0 Å². The maximum atomic E-state index is 12.7. The Balaban J connectivity index is 1.55. The first-order chi connectivity index (χ1) is 11.6. The fourth-order valence-electron chi connectivity index (χ4n) is 3.66. The number of hydrogen-bond acceptors (Lipinski definition) is 3. The van der Waals surface area contributed by atoms with Gasteiger partial charge < -0.3 is 19.7 Å². The van der Waals surface area contributed by atoms with Crippen LogP contribution in [0.2, 0.25) is 0 Å². The third-order valence-corrected chi connectivity index (χ3v) is 4.90. The first-order valence-corrected chi connectivity index (χ1v) is 8.94. The van der Waals surface area contributed by atoms with Crippen LogP contribution in [-0.2, 0) is 11.3 Å². The molecule has 0 unspecified atom stereocenters. The van der Waals surface area contributed by atoms with Crippen LogP contribution in [0.15, 0.2) is 18.7 Å². The molecule has 7 nitrogen and oxygen atoms in total. The monoisotopic (exact) mass is 333 g/mol. The molecular formula is C17H27N5O2. The second kappa shape index (κ2) is 7.68. The Morgan fingerprint density at radius 1 is 1.38 bits per heavy atom. The standard InChI is InChI=1S/C17H27N5O2/c1-14(11-20-10-7-18-13-20)19-17(24)22-9-3-2-5-15(22)12-21-8-4-6-16(21)23/h7,10,13-15H,2-6,8-9,11-12H2,1H3,(H,19,24)/t14-,15+/m1/s1. The van der Waals surface area contributed by atoms with Crippen molar-refractivity contribution in [3.63, 3.8) is 0 Å². The van der Waals surface area contributed by atoms with Crippen LogP contribution in [0.5, 0.6) is 0 Å². The number of piperidine rings is 1. The largest absolute Gasteiger partial charge is 0.341 e. The zero-order chi connectivity index (χ0) is 16.9. The summed E-state index contributed by atoms with van der Waals surface area (Å²) in [5, 5.41) is 3.09. The van der Waals surface area contributed by atoms with Crippen molar-refractivity contribution in [2.24, 2.45) is 0 Å². The van der Waals surface area contributed by atoms with Crippen LogP contribution in [0.4, 0.5) is 4.79 Å². The molecule has 2 fully saturated rings. The smallest absolute Gasteiger partial charge is 0.317 e. The number of aromatic nitrogens is 2. The second-order valence-corrected chi connectivity index (χ2v) is 6.90. The number of amides is 3. The lowest BCUT2D eigenvalue weighted by Crippen LogP contribution is -2.54. The van der Waals surface area contributed by atoms with E-state index < -0.39 is 0 Å². The van der Waals surface area contributed by atoms with Gasteiger partial charge in [0, 0.05) is 51.0 Å². The SMILES string of the molecule is C[C@H](Cn1ccnc1)NC(=O)N1CCCC[C@H]1CN1CCCC1=O. The summed E-state index contributed by atoms with van der Waals surface area (Å²) < 4.78 is 1.96. The average Bonchev–Trinajstić information content (AvgIpc) is 3.20. The summed E-state index contributed by atoms with van der Waals surface area (Å²) >= 11 is 0. The maximum absolute atomic E-state index is 12.7. The van der Waals surface area contributed by atoms with E-state index in [9.17, 15) is 9.59 Å². The zero-order valence-electron chi connectivity index (χ0n) is 14.4. The molecule has 0 saturated carbocycles. The molecule has 7 heteroatoms. The van der Waals surface area contributed by atoms with Gasteiger partial charge in [0.2, 0.25) is 5.91 Å². The molecule has 0 aliphatic carbocycles. The quantitative estimate of drug-likeness (QED) is 0.887. The van der Waals surface area contributed by atoms with Crippen LogP contribution >= 0.6 is 0 Å². The van der Waals surface area contributed by atoms with Crippen LogP contribution in [0.25, 0.3) is 0 Å². The highest BCUT2D eigenvalue weighted by Crippen LogP contribution is 2.20. The van der Waals surface area contributed by atoms with Crippen molar-refractivity contribution in [2.45, 2.75) is 57.7 Å². The topological polar surface area (TPSA) is 70.5 Å². The molecule has 1 N–H and O–H groups in total. The molecular weight excluding hydrogens is 306 g/mol. The first kappa shape index (κ1) is 16.8. The Kier molecular flexibility index (Phi) is 5.37. The maximum Gasteiger partial charge on any atom is 0.317 e. The molecule has 3 heterocycles. The highest BCUT2D eigenvalue weighted by Gasteiger charge is 2.31. The zero-order valence-corrected chi connectivity index (χ0v) is 14.4. The molecule has 2 atom stereocenters. The fraction of sp³-hybridized carbons (Fsp3) is 0.706. The van der Waals surface area contributed by atoms with Gasteiger partial charge in [0.15, 0.2) is 0 Å². The molecule has 1 aromatic rings. The van der Waals surface area contributed by atoms with E-state index in [2.05, 4.69) is 10.3 Å². The summed E-state index contributed by atoms with van der Waals surface area (Å²) in [6.07, 6.45) is 10.1. The lowest BCUT2D eigenvalue weighted by Gasteiger charge is -2.38. The molecule has 0 bridgehead atoms. The average molecular weight is 333 g/mol. The van der Waals surface area contributed by atoms with Gasteiger partial charge >= 0.3 is 6.03 Å². The molecule has 3 amide bonds. The predicted octanol–water partition coefficient (Wildman–Crippen LogP) is 1.46. The molecule has 2 aliphatic rings. The lowest BCUT2D eigenvalue weighted by atomic mass is 10.0. The van der Waals surface area contributed by atoms with Crippen molar-refractivity contribution >= 4 is 11.9 Å². The summed E-state index contributed by atoms with van der Waals surface area (Å²) in [7, 11) is 0. The normalized spacial score (nSPS) is 22.7. The Hall–Kier alpha value is -2.05.